The maximum absolute atomic E-state index is 12.7. The fourth-order valence-corrected chi connectivity index (χ4v) is 2.85. The number of nitrogens with zero attached hydrogens (tertiary/aromatic N) is 2. The van der Waals surface area contributed by atoms with Crippen molar-refractivity contribution in [3.05, 3.63) is 0 Å². The number of halogens is 3. The summed E-state index contributed by atoms with van der Waals surface area (Å²) in [6, 6.07) is 2.37. The van der Waals surface area contributed by atoms with Gasteiger partial charge in [-0.25, -0.2) is 0 Å². The van der Waals surface area contributed by atoms with Gasteiger partial charge < -0.3 is 0 Å². The fourth-order valence-electron chi connectivity index (χ4n) is 2.85. The molecule has 0 heterocycles. The van der Waals surface area contributed by atoms with Crippen LogP contribution >= 0.6 is 0 Å². The Kier molecular flexibility index (Phi) is 4.31. The van der Waals surface area contributed by atoms with Gasteiger partial charge in [-0.05, 0) is 45.4 Å². The van der Waals surface area contributed by atoms with Crippen LogP contribution in [0.1, 0.15) is 39.5 Å². The number of nitrogens with one attached hydrogen (secondary N) is 1. The molecule has 114 valence electrons. The van der Waals surface area contributed by atoms with Crippen LogP contribution in [0.4, 0.5) is 13.2 Å². The van der Waals surface area contributed by atoms with Gasteiger partial charge in [0, 0.05) is 18.6 Å². The van der Waals surface area contributed by atoms with Crippen LogP contribution in [-0.2, 0) is 0 Å². The van der Waals surface area contributed by atoms with Crippen LogP contribution in [0.2, 0.25) is 0 Å². The molecular formula is C14H22F3N3. The molecule has 20 heavy (non-hydrogen) atoms. The molecule has 1 unspecified atom stereocenters. The van der Waals surface area contributed by atoms with Gasteiger partial charge in [-0.3, -0.25) is 10.2 Å². The summed E-state index contributed by atoms with van der Waals surface area (Å²) in [5, 5.41) is 12.8. The average Bonchev–Trinajstić information content (AvgIpc) is 3.15. The number of hydrogen-bond donors (Lipinski definition) is 1. The number of rotatable bonds is 7. The smallest absolute Gasteiger partial charge is 0.296 e. The maximum atomic E-state index is 12.7. The Balaban J connectivity index is 2.10. The molecule has 3 nitrogen and oxygen atoms in total. The van der Waals surface area contributed by atoms with Crippen LogP contribution in [0.3, 0.4) is 0 Å². The summed E-state index contributed by atoms with van der Waals surface area (Å²) in [5.74, 6) is 0.185. The van der Waals surface area contributed by atoms with Crippen LogP contribution in [0.5, 0.6) is 0 Å². The first-order valence-electron chi connectivity index (χ1n) is 7.25. The molecule has 6 heteroatoms. The van der Waals surface area contributed by atoms with Crippen molar-refractivity contribution in [1.29, 1.82) is 5.26 Å². The van der Waals surface area contributed by atoms with Crippen LogP contribution in [-0.4, -0.2) is 41.8 Å². The summed E-state index contributed by atoms with van der Waals surface area (Å²) in [6.07, 6.45) is -0.728. The van der Waals surface area contributed by atoms with E-state index in [0.717, 1.165) is 25.7 Å². The molecule has 0 aromatic carbocycles. The first-order chi connectivity index (χ1) is 9.26. The lowest BCUT2D eigenvalue weighted by Gasteiger charge is -2.36. The molecule has 0 aliphatic heterocycles. The molecule has 0 radical (unpaired) electrons. The Morgan fingerprint density at radius 2 is 1.80 bits per heavy atom. The lowest BCUT2D eigenvalue weighted by molar-refractivity contribution is -0.149. The summed E-state index contributed by atoms with van der Waals surface area (Å²) in [6.45, 7) is 3.13. The van der Waals surface area contributed by atoms with Crippen molar-refractivity contribution in [2.75, 3.05) is 13.1 Å². The van der Waals surface area contributed by atoms with E-state index in [1.165, 1.54) is 4.90 Å². The molecule has 2 aliphatic carbocycles. The van der Waals surface area contributed by atoms with E-state index >= 15 is 0 Å². The normalized spacial score (nSPS) is 22.9. The van der Waals surface area contributed by atoms with Gasteiger partial charge in [0.1, 0.15) is 5.54 Å². The molecule has 0 bridgehead atoms. The average molecular weight is 289 g/mol. The standard InChI is InChI=1S/C14H22F3N3/c1-10(2)19-13(7-18,11-3-4-11)8-20(12-5-6-12)9-14(15,16)17/h10-12,19H,3-6,8-9H2,1-2H3. The van der Waals surface area contributed by atoms with Gasteiger partial charge in [0.2, 0.25) is 0 Å². The van der Waals surface area contributed by atoms with Crippen LogP contribution in [0.15, 0.2) is 0 Å². The minimum absolute atomic E-state index is 0.00272. The van der Waals surface area contributed by atoms with Gasteiger partial charge in [0.15, 0.2) is 0 Å². The maximum Gasteiger partial charge on any atom is 0.401 e. The summed E-state index contributed by atoms with van der Waals surface area (Å²) in [4.78, 5) is 1.46. The molecular weight excluding hydrogens is 267 g/mol. The van der Waals surface area contributed by atoms with E-state index in [1.807, 2.05) is 13.8 Å². The number of alkyl halides is 3. The number of hydrogen-bond acceptors (Lipinski definition) is 3. The van der Waals surface area contributed by atoms with Gasteiger partial charge in [0.05, 0.1) is 12.6 Å². The Labute approximate surface area is 118 Å². The van der Waals surface area contributed by atoms with Crippen molar-refractivity contribution in [3.63, 3.8) is 0 Å². The highest BCUT2D eigenvalue weighted by atomic mass is 19.4. The predicted octanol–water partition coefficient (Wildman–Crippen LogP) is 2.68. The molecule has 0 aromatic heterocycles. The van der Waals surface area contributed by atoms with Crippen molar-refractivity contribution in [3.8, 4) is 6.07 Å². The van der Waals surface area contributed by atoms with E-state index in [-0.39, 0.29) is 24.5 Å². The third-order valence-electron chi connectivity index (χ3n) is 3.92. The second kappa shape index (κ2) is 5.53. The fraction of sp³-hybridized carbons (Fsp3) is 0.929. The van der Waals surface area contributed by atoms with E-state index in [0.29, 0.717) is 0 Å². The molecule has 0 saturated heterocycles. The summed E-state index contributed by atoms with van der Waals surface area (Å²) >= 11 is 0. The first kappa shape index (κ1) is 15.6. The third kappa shape index (κ3) is 4.10. The topological polar surface area (TPSA) is 39.1 Å². The predicted molar refractivity (Wildman–Crippen MR) is 70.0 cm³/mol. The third-order valence-corrected chi connectivity index (χ3v) is 3.92. The van der Waals surface area contributed by atoms with E-state index < -0.39 is 18.3 Å². The number of nitriles is 1. The second-order valence-corrected chi connectivity index (χ2v) is 6.41. The summed E-state index contributed by atoms with van der Waals surface area (Å²) in [7, 11) is 0. The first-order valence-corrected chi connectivity index (χ1v) is 7.25. The van der Waals surface area contributed by atoms with Gasteiger partial charge in [-0.15, -0.1) is 0 Å². The van der Waals surface area contributed by atoms with Crippen molar-refractivity contribution in [2.45, 2.75) is 63.3 Å². The molecule has 2 rings (SSSR count). The quantitative estimate of drug-likeness (QED) is 0.783. The van der Waals surface area contributed by atoms with Gasteiger partial charge in [0.25, 0.3) is 0 Å². The van der Waals surface area contributed by atoms with Crippen LogP contribution in [0.25, 0.3) is 0 Å². The zero-order valence-corrected chi connectivity index (χ0v) is 12.0. The van der Waals surface area contributed by atoms with Crippen molar-refractivity contribution >= 4 is 0 Å². The molecule has 0 amide bonds. The summed E-state index contributed by atoms with van der Waals surface area (Å²) in [5.41, 5.74) is -0.831. The minimum atomic E-state index is -4.20. The van der Waals surface area contributed by atoms with E-state index in [9.17, 15) is 18.4 Å². The van der Waals surface area contributed by atoms with E-state index in [4.69, 9.17) is 0 Å². The second-order valence-electron chi connectivity index (χ2n) is 6.41. The highest BCUT2D eigenvalue weighted by Crippen LogP contribution is 2.42. The summed E-state index contributed by atoms with van der Waals surface area (Å²) < 4.78 is 38.1. The van der Waals surface area contributed by atoms with Gasteiger partial charge >= 0.3 is 6.18 Å². The molecule has 2 saturated carbocycles. The monoisotopic (exact) mass is 289 g/mol. The van der Waals surface area contributed by atoms with E-state index in [1.54, 1.807) is 0 Å². The van der Waals surface area contributed by atoms with Crippen LogP contribution < -0.4 is 5.32 Å². The Bertz CT molecular complexity index is 380. The van der Waals surface area contributed by atoms with Gasteiger partial charge in [-0.2, -0.15) is 18.4 Å². The molecule has 0 spiro atoms. The van der Waals surface area contributed by atoms with E-state index in [2.05, 4.69) is 11.4 Å². The Hall–Kier alpha value is -0.800. The van der Waals surface area contributed by atoms with Crippen molar-refractivity contribution in [2.24, 2.45) is 5.92 Å². The Morgan fingerprint density at radius 1 is 1.20 bits per heavy atom. The lowest BCUT2D eigenvalue weighted by atomic mass is 9.93. The zero-order chi connectivity index (χ0) is 15.0. The molecule has 0 aromatic rings. The molecule has 1 N–H and O–H groups in total. The molecule has 1 atom stereocenters. The lowest BCUT2D eigenvalue weighted by Crippen LogP contribution is -2.58. The van der Waals surface area contributed by atoms with Crippen molar-refractivity contribution < 1.29 is 13.2 Å². The van der Waals surface area contributed by atoms with Crippen LogP contribution in [0, 0.1) is 17.2 Å². The van der Waals surface area contributed by atoms with Crippen molar-refractivity contribution in [1.82, 2.24) is 10.2 Å². The highest BCUT2D eigenvalue weighted by molar-refractivity contribution is 5.18. The zero-order valence-electron chi connectivity index (χ0n) is 12.0. The molecule has 2 fully saturated rings. The molecule has 2 aliphatic rings. The highest BCUT2D eigenvalue weighted by Gasteiger charge is 2.50. The minimum Gasteiger partial charge on any atom is -0.296 e. The van der Waals surface area contributed by atoms with Gasteiger partial charge in [-0.1, -0.05) is 0 Å². The SMILES string of the molecule is CC(C)NC(C#N)(CN(CC(F)(F)F)C1CC1)C1CC1. The largest absolute Gasteiger partial charge is 0.401 e. The Morgan fingerprint density at radius 3 is 2.15 bits per heavy atom.